The van der Waals surface area contributed by atoms with Gasteiger partial charge < -0.3 is 33.8 Å². The van der Waals surface area contributed by atoms with Crippen LogP contribution in [0, 0.1) is 5.92 Å². The second kappa shape index (κ2) is 56.8. The summed E-state index contributed by atoms with van der Waals surface area (Å²) in [5.74, 6) is -1.35. The lowest BCUT2D eigenvalue weighted by atomic mass is 10.0. The van der Waals surface area contributed by atoms with Crippen LogP contribution in [0.4, 0.5) is 0 Å². The normalized spacial score (nSPS) is 14.3. The number of esters is 4. The first kappa shape index (κ1) is 80.1. The first-order valence-electron chi connectivity index (χ1n) is 33.1. The van der Waals surface area contributed by atoms with Crippen LogP contribution in [0.3, 0.4) is 0 Å². The number of phosphoric ester groups is 2. The largest absolute Gasteiger partial charge is 0.472 e. The molecule has 5 atom stereocenters. The maximum Gasteiger partial charge on any atom is 0.472 e. The van der Waals surface area contributed by atoms with Gasteiger partial charge in [-0.05, 0) is 31.6 Å². The van der Waals surface area contributed by atoms with E-state index in [1.165, 1.54) is 128 Å². The number of hydrogen-bond acceptors (Lipinski definition) is 15. The third-order valence-electron chi connectivity index (χ3n) is 14.5. The van der Waals surface area contributed by atoms with Crippen molar-refractivity contribution in [1.29, 1.82) is 0 Å². The molecule has 0 aromatic carbocycles. The molecule has 0 heterocycles. The topological polar surface area (TPSA) is 237 Å². The number of aliphatic hydroxyl groups excluding tert-OH is 1. The van der Waals surface area contributed by atoms with Crippen molar-refractivity contribution in [2.24, 2.45) is 5.92 Å². The van der Waals surface area contributed by atoms with Crippen LogP contribution in [-0.4, -0.2) is 96.7 Å². The van der Waals surface area contributed by atoms with Crippen molar-refractivity contribution >= 4 is 39.5 Å². The first-order valence-corrected chi connectivity index (χ1v) is 36.1. The van der Waals surface area contributed by atoms with Crippen LogP contribution in [0.25, 0.3) is 0 Å². The predicted octanol–water partition coefficient (Wildman–Crippen LogP) is 17.4. The second-order valence-corrected chi connectivity index (χ2v) is 26.2. The molecule has 0 aromatic heterocycles. The van der Waals surface area contributed by atoms with Gasteiger partial charge in [-0.1, -0.05) is 266 Å². The summed E-state index contributed by atoms with van der Waals surface area (Å²) in [6, 6.07) is 0. The van der Waals surface area contributed by atoms with Crippen LogP contribution in [0.15, 0.2) is 0 Å². The molecule has 0 bridgehead atoms. The average molecular weight is 1210 g/mol. The predicted molar refractivity (Wildman–Crippen MR) is 326 cm³/mol. The molecular weight excluding hydrogens is 1090 g/mol. The van der Waals surface area contributed by atoms with E-state index in [0.29, 0.717) is 25.7 Å². The molecule has 0 aliphatic rings. The molecule has 0 aliphatic carbocycles. The molecule has 0 spiro atoms. The summed E-state index contributed by atoms with van der Waals surface area (Å²) in [5, 5.41) is 10.5. The fourth-order valence-electron chi connectivity index (χ4n) is 9.41. The Morgan fingerprint density at radius 2 is 0.561 bits per heavy atom. The monoisotopic (exact) mass is 1210 g/mol. The quantitative estimate of drug-likeness (QED) is 0.0222. The van der Waals surface area contributed by atoms with E-state index in [1.807, 2.05) is 0 Å². The van der Waals surface area contributed by atoms with Crippen LogP contribution >= 0.6 is 15.6 Å². The van der Waals surface area contributed by atoms with E-state index in [-0.39, 0.29) is 25.7 Å². The molecule has 3 N–H and O–H groups in total. The second-order valence-electron chi connectivity index (χ2n) is 23.3. The van der Waals surface area contributed by atoms with Crippen molar-refractivity contribution in [1.82, 2.24) is 0 Å². The van der Waals surface area contributed by atoms with Crippen molar-refractivity contribution in [3.8, 4) is 0 Å². The van der Waals surface area contributed by atoms with Crippen LogP contribution in [0.2, 0.25) is 0 Å². The Hall–Kier alpha value is -1.94. The van der Waals surface area contributed by atoms with Crippen molar-refractivity contribution in [3.63, 3.8) is 0 Å². The molecular formula is C63H122O17P2. The summed E-state index contributed by atoms with van der Waals surface area (Å²) < 4.78 is 67.8. The van der Waals surface area contributed by atoms with Gasteiger partial charge in [0, 0.05) is 25.7 Å². The van der Waals surface area contributed by atoms with Gasteiger partial charge in [0.15, 0.2) is 12.2 Å². The number of unbranched alkanes of at least 4 members (excludes halogenated alkanes) is 35. The van der Waals surface area contributed by atoms with Crippen molar-refractivity contribution in [2.75, 3.05) is 39.6 Å². The molecule has 0 fully saturated rings. The van der Waals surface area contributed by atoms with Gasteiger partial charge in [-0.25, -0.2) is 9.13 Å². The van der Waals surface area contributed by atoms with E-state index < -0.39 is 97.5 Å². The summed E-state index contributed by atoms with van der Waals surface area (Å²) in [6.07, 6.45) is 40.4. The summed E-state index contributed by atoms with van der Waals surface area (Å²) in [5.41, 5.74) is 0. The Bertz CT molecular complexity index is 1600. The molecule has 82 heavy (non-hydrogen) atoms. The minimum atomic E-state index is -4.94. The third-order valence-corrected chi connectivity index (χ3v) is 16.4. The summed E-state index contributed by atoms with van der Waals surface area (Å²) in [4.78, 5) is 72.0. The molecule has 0 aromatic rings. The van der Waals surface area contributed by atoms with Gasteiger partial charge in [-0.3, -0.25) is 37.3 Å². The molecule has 19 heteroatoms. The van der Waals surface area contributed by atoms with Gasteiger partial charge in [-0.2, -0.15) is 0 Å². The van der Waals surface area contributed by atoms with E-state index in [4.69, 9.17) is 37.0 Å². The molecule has 0 radical (unpaired) electrons. The van der Waals surface area contributed by atoms with Gasteiger partial charge in [0.2, 0.25) is 0 Å². The highest BCUT2D eigenvalue weighted by Crippen LogP contribution is 2.45. The Labute approximate surface area is 498 Å². The van der Waals surface area contributed by atoms with Gasteiger partial charge in [-0.15, -0.1) is 0 Å². The van der Waals surface area contributed by atoms with Crippen LogP contribution in [-0.2, 0) is 65.4 Å². The Kier molecular flexibility index (Phi) is 55.5. The standard InChI is InChI=1S/C63H122O17P2/c1-6-9-12-15-18-20-28-32-37-42-47-61(66)74-53-59(80-63(68)49-44-39-34-29-25-23-21-22-24-27-31-35-40-45-56(4)5)55-78-82(71,72)76-51-57(64)50-75-81(69,70)77-54-58(52-73-60(65)46-41-36-30-17-14-11-8-3)79-62(67)48-43-38-33-26-19-16-13-10-7-2/h56-59,64H,6-55H2,1-5H3,(H,69,70)(H,71,72)/t57-,58+,59+/m0/s1. The van der Waals surface area contributed by atoms with Crippen LogP contribution < -0.4 is 0 Å². The summed E-state index contributed by atoms with van der Waals surface area (Å²) in [6.45, 7) is 7.14. The maximum absolute atomic E-state index is 13.0. The minimum absolute atomic E-state index is 0.105. The molecule has 486 valence electrons. The smallest absolute Gasteiger partial charge is 0.462 e. The lowest BCUT2D eigenvalue weighted by molar-refractivity contribution is -0.161. The molecule has 0 amide bonds. The zero-order valence-corrected chi connectivity index (χ0v) is 54.4. The molecule has 0 aliphatic heterocycles. The molecule has 2 unspecified atom stereocenters. The molecule has 17 nitrogen and oxygen atoms in total. The minimum Gasteiger partial charge on any atom is -0.462 e. The van der Waals surface area contributed by atoms with Crippen LogP contribution in [0.5, 0.6) is 0 Å². The number of carbonyl (C=O) groups excluding carboxylic acids is 4. The third kappa shape index (κ3) is 57.2. The number of rotatable bonds is 63. The Morgan fingerprint density at radius 3 is 0.829 bits per heavy atom. The van der Waals surface area contributed by atoms with Gasteiger partial charge >= 0.3 is 39.5 Å². The lowest BCUT2D eigenvalue weighted by Crippen LogP contribution is -2.30. The van der Waals surface area contributed by atoms with E-state index >= 15 is 0 Å². The zero-order valence-electron chi connectivity index (χ0n) is 52.6. The number of carbonyl (C=O) groups is 4. The number of hydrogen-bond donors (Lipinski definition) is 3. The van der Waals surface area contributed by atoms with Gasteiger partial charge in [0.05, 0.1) is 26.4 Å². The van der Waals surface area contributed by atoms with Crippen molar-refractivity contribution < 1.29 is 80.2 Å². The highest BCUT2D eigenvalue weighted by molar-refractivity contribution is 7.47. The van der Waals surface area contributed by atoms with E-state index in [0.717, 1.165) is 109 Å². The number of ether oxygens (including phenoxy) is 4. The fourth-order valence-corrected chi connectivity index (χ4v) is 11.0. The Morgan fingerprint density at radius 1 is 0.329 bits per heavy atom. The highest BCUT2D eigenvalue weighted by Gasteiger charge is 2.30. The average Bonchev–Trinajstić information content (AvgIpc) is 3.44. The lowest BCUT2D eigenvalue weighted by Gasteiger charge is -2.21. The number of phosphoric acid groups is 2. The SMILES string of the molecule is CCCCCCCCCCCCC(=O)OC[C@H](COP(=O)(O)OC[C@@H](O)COP(=O)(O)OC[C@@H](COC(=O)CCCCCCCCC)OC(=O)CCCCCCCCCCC)OC(=O)CCCCCCCCCCCCCCCC(C)C. The summed E-state index contributed by atoms with van der Waals surface area (Å²) >= 11 is 0. The van der Waals surface area contributed by atoms with Crippen molar-refractivity contribution in [3.05, 3.63) is 0 Å². The number of aliphatic hydroxyl groups is 1. The molecule has 0 rings (SSSR count). The Balaban J connectivity index is 5.18. The highest BCUT2D eigenvalue weighted by atomic mass is 31.2. The maximum atomic E-state index is 13.0. The van der Waals surface area contributed by atoms with Gasteiger partial charge in [0.1, 0.15) is 19.3 Å². The van der Waals surface area contributed by atoms with E-state index in [9.17, 15) is 43.2 Å². The molecule has 0 saturated carbocycles. The molecule has 0 saturated heterocycles. The van der Waals surface area contributed by atoms with Gasteiger partial charge in [0.25, 0.3) is 0 Å². The van der Waals surface area contributed by atoms with E-state index in [2.05, 4.69) is 34.6 Å². The van der Waals surface area contributed by atoms with Crippen LogP contribution in [0.1, 0.15) is 317 Å². The van der Waals surface area contributed by atoms with Crippen molar-refractivity contribution in [2.45, 2.75) is 335 Å². The van der Waals surface area contributed by atoms with E-state index in [1.54, 1.807) is 0 Å². The first-order chi connectivity index (χ1) is 39.5. The summed E-state index contributed by atoms with van der Waals surface area (Å²) in [7, 11) is -9.88. The zero-order chi connectivity index (χ0) is 60.6. The fraction of sp³-hybridized carbons (Fsp3) is 0.937.